The molecule has 0 bridgehead atoms. The normalized spacial score (nSPS) is 9.43. The lowest BCUT2D eigenvalue weighted by Crippen LogP contribution is -1.87. The van der Waals surface area contributed by atoms with Crippen molar-refractivity contribution in [2.45, 2.75) is 6.92 Å². The van der Waals surface area contributed by atoms with Crippen molar-refractivity contribution < 1.29 is 0 Å². The van der Waals surface area contributed by atoms with E-state index in [4.69, 9.17) is 0 Å². The van der Waals surface area contributed by atoms with Crippen LogP contribution in [-0.4, -0.2) is 9.55 Å². The molecule has 1 heterocycles. The predicted molar refractivity (Wildman–Crippen MR) is 26.8 cm³/mol. The van der Waals surface area contributed by atoms with Crippen molar-refractivity contribution in [3.63, 3.8) is 0 Å². The molecule has 0 fully saturated rings. The van der Waals surface area contributed by atoms with Crippen molar-refractivity contribution in [2.75, 3.05) is 0 Å². The Labute approximate surface area is 42.8 Å². The summed E-state index contributed by atoms with van der Waals surface area (Å²) in [4.78, 5) is 3.92. The minimum absolute atomic E-state index is 1.00. The molecular formula is C5H7N2. The number of nitrogens with zero attached hydrogens (tertiary/aromatic N) is 2. The summed E-state index contributed by atoms with van der Waals surface area (Å²) in [7, 11) is 1.92. The third-order valence-corrected chi connectivity index (χ3v) is 0.988. The average Bonchev–Trinajstić information content (AvgIpc) is 1.91. The van der Waals surface area contributed by atoms with Crippen LogP contribution in [0.3, 0.4) is 0 Å². The zero-order chi connectivity index (χ0) is 5.28. The van der Waals surface area contributed by atoms with Crippen LogP contribution in [0.15, 0.2) is 6.20 Å². The second-order valence-electron chi connectivity index (χ2n) is 1.49. The Balaban J connectivity index is 3.12. The summed E-state index contributed by atoms with van der Waals surface area (Å²) in [5.41, 5.74) is 0. The van der Waals surface area contributed by atoms with Crippen molar-refractivity contribution in [1.29, 1.82) is 0 Å². The van der Waals surface area contributed by atoms with Gasteiger partial charge in [-0.25, -0.2) is 4.98 Å². The fraction of sp³-hybridized carbons (Fsp3) is 0.400. The molecule has 0 unspecified atom stereocenters. The van der Waals surface area contributed by atoms with E-state index in [1.165, 1.54) is 0 Å². The Kier molecular flexibility index (Phi) is 0.855. The maximum absolute atomic E-state index is 3.92. The molecule has 2 heteroatoms. The second kappa shape index (κ2) is 1.37. The van der Waals surface area contributed by atoms with Crippen molar-refractivity contribution in [3.05, 3.63) is 18.2 Å². The van der Waals surface area contributed by atoms with Crippen LogP contribution in [0.25, 0.3) is 0 Å². The van der Waals surface area contributed by atoms with Gasteiger partial charge in [-0.3, -0.25) is 0 Å². The van der Waals surface area contributed by atoms with Crippen LogP contribution in [0.1, 0.15) is 5.82 Å². The van der Waals surface area contributed by atoms with Gasteiger partial charge < -0.3 is 4.57 Å². The minimum Gasteiger partial charge on any atom is -0.330 e. The summed E-state index contributed by atoms with van der Waals surface area (Å²) in [5.74, 6) is 1.00. The lowest BCUT2D eigenvalue weighted by Gasteiger charge is -1.86. The van der Waals surface area contributed by atoms with Gasteiger partial charge in [-0.1, -0.05) is 0 Å². The van der Waals surface area contributed by atoms with E-state index in [0.717, 1.165) is 5.82 Å². The molecule has 0 N–H and O–H groups in total. The van der Waals surface area contributed by atoms with Gasteiger partial charge in [0.05, 0.1) is 12.4 Å². The number of rotatable bonds is 0. The Morgan fingerprint density at radius 3 is 2.71 bits per heavy atom. The van der Waals surface area contributed by atoms with Gasteiger partial charge in [0.2, 0.25) is 0 Å². The largest absolute Gasteiger partial charge is 0.330 e. The fourth-order valence-electron chi connectivity index (χ4n) is 0.389. The van der Waals surface area contributed by atoms with Crippen LogP contribution >= 0.6 is 0 Å². The Morgan fingerprint density at radius 2 is 2.57 bits per heavy atom. The highest BCUT2D eigenvalue weighted by Gasteiger charge is 1.84. The summed E-state index contributed by atoms with van der Waals surface area (Å²) >= 11 is 0. The third kappa shape index (κ3) is 0.633. The van der Waals surface area contributed by atoms with E-state index in [1.807, 2.05) is 18.5 Å². The molecule has 0 spiro atoms. The van der Waals surface area contributed by atoms with Gasteiger partial charge in [-0.05, 0) is 6.92 Å². The number of aromatic nitrogens is 2. The molecule has 37 valence electrons. The summed E-state index contributed by atoms with van der Waals surface area (Å²) in [6, 6.07) is 0. The molecule has 0 aromatic carbocycles. The molecule has 0 saturated carbocycles. The van der Waals surface area contributed by atoms with E-state index in [1.54, 1.807) is 6.20 Å². The first-order chi connectivity index (χ1) is 3.30. The van der Waals surface area contributed by atoms with Gasteiger partial charge >= 0.3 is 0 Å². The monoisotopic (exact) mass is 95.1 g/mol. The van der Waals surface area contributed by atoms with E-state index in [0.29, 0.717) is 0 Å². The van der Waals surface area contributed by atoms with E-state index >= 15 is 0 Å². The molecule has 0 aliphatic heterocycles. The molecule has 0 aliphatic carbocycles. The minimum atomic E-state index is 1.00. The van der Waals surface area contributed by atoms with Gasteiger partial charge in [0.25, 0.3) is 0 Å². The van der Waals surface area contributed by atoms with Crippen LogP contribution in [0.2, 0.25) is 0 Å². The van der Waals surface area contributed by atoms with Crippen LogP contribution < -0.4 is 0 Å². The SMILES string of the molecule is Cc1nc[c]n1C. The zero-order valence-electron chi connectivity index (χ0n) is 4.47. The van der Waals surface area contributed by atoms with E-state index in [2.05, 4.69) is 11.2 Å². The standard InChI is InChI=1S/C5H7N2/c1-5-6-3-4-7(5)2/h3H,1-2H3. The van der Waals surface area contributed by atoms with Crippen molar-refractivity contribution in [3.8, 4) is 0 Å². The molecular weight excluding hydrogens is 88.1 g/mol. The van der Waals surface area contributed by atoms with Gasteiger partial charge in [0.15, 0.2) is 0 Å². The Bertz CT molecular complexity index is 138. The molecule has 1 radical (unpaired) electrons. The molecule has 1 aromatic heterocycles. The number of hydrogen-bond donors (Lipinski definition) is 0. The van der Waals surface area contributed by atoms with Crippen molar-refractivity contribution in [2.24, 2.45) is 7.05 Å². The van der Waals surface area contributed by atoms with Crippen LogP contribution in [0, 0.1) is 13.1 Å². The van der Waals surface area contributed by atoms with E-state index in [9.17, 15) is 0 Å². The van der Waals surface area contributed by atoms with Gasteiger partial charge in [0, 0.05) is 7.05 Å². The Morgan fingerprint density at radius 1 is 1.86 bits per heavy atom. The summed E-state index contributed by atoms with van der Waals surface area (Å²) < 4.78 is 1.85. The Hall–Kier alpha value is -0.790. The van der Waals surface area contributed by atoms with Crippen molar-refractivity contribution >= 4 is 0 Å². The van der Waals surface area contributed by atoms with Gasteiger partial charge in [0.1, 0.15) is 5.82 Å². The first-order valence-corrected chi connectivity index (χ1v) is 2.16. The molecule has 0 amide bonds. The molecule has 0 atom stereocenters. The molecule has 7 heavy (non-hydrogen) atoms. The highest BCUT2D eigenvalue weighted by Crippen LogP contribution is 1.85. The topological polar surface area (TPSA) is 17.8 Å². The van der Waals surface area contributed by atoms with Crippen LogP contribution in [-0.2, 0) is 7.05 Å². The molecule has 0 saturated heterocycles. The van der Waals surface area contributed by atoms with E-state index < -0.39 is 0 Å². The summed E-state index contributed by atoms with van der Waals surface area (Å²) in [6.45, 7) is 1.94. The zero-order valence-corrected chi connectivity index (χ0v) is 4.47. The second-order valence-corrected chi connectivity index (χ2v) is 1.49. The summed E-state index contributed by atoms with van der Waals surface area (Å²) in [5, 5.41) is 0. The smallest absolute Gasteiger partial charge is 0.105 e. The van der Waals surface area contributed by atoms with Crippen LogP contribution in [0.5, 0.6) is 0 Å². The average molecular weight is 95.1 g/mol. The van der Waals surface area contributed by atoms with Crippen LogP contribution in [0.4, 0.5) is 0 Å². The molecule has 1 aromatic rings. The lowest BCUT2D eigenvalue weighted by molar-refractivity contribution is 0.852. The molecule has 1 rings (SSSR count). The third-order valence-electron chi connectivity index (χ3n) is 0.988. The first kappa shape index (κ1) is 4.37. The van der Waals surface area contributed by atoms with E-state index in [-0.39, 0.29) is 0 Å². The quantitative estimate of drug-likeness (QED) is 0.459. The highest BCUT2D eigenvalue weighted by atomic mass is 15.0. The van der Waals surface area contributed by atoms with Gasteiger partial charge in [-0.15, -0.1) is 0 Å². The summed E-state index contributed by atoms with van der Waals surface area (Å²) in [6.07, 6.45) is 4.54. The highest BCUT2D eigenvalue weighted by molar-refractivity contribution is 4.84. The predicted octanol–water partition coefficient (Wildman–Crippen LogP) is 0.529. The van der Waals surface area contributed by atoms with Gasteiger partial charge in [-0.2, -0.15) is 0 Å². The fourth-order valence-corrected chi connectivity index (χ4v) is 0.389. The number of hydrogen-bond acceptors (Lipinski definition) is 1. The molecule has 0 aliphatic rings. The lowest BCUT2D eigenvalue weighted by atomic mass is 10.7. The number of aryl methyl sites for hydroxylation is 2. The first-order valence-electron chi connectivity index (χ1n) is 2.16. The maximum Gasteiger partial charge on any atom is 0.105 e. The maximum atomic E-state index is 3.92. The number of imidazole rings is 1. The van der Waals surface area contributed by atoms with Crippen molar-refractivity contribution in [1.82, 2.24) is 9.55 Å². The molecule has 2 nitrogen and oxygen atoms in total.